The molecule has 2 atom stereocenters. The monoisotopic (exact) mass is 749 g/mol. The predicted octanol–water partition coefficient (Wildman–Crippen LogP) is 8.26. The van der Waals surface area contributed by atoms with Gasteiger partial charge in [0.1, 0.15) is 19.0 Å². The highest BCUT2D eigenvalue weighted by atomic mass is 16.5. The molecule has 5 aromatic rings. The summed E-state index contributed by atoms with van der Waals surface area (Å²) in [5.41, 5.74) is 17.3. The smallest absolute Gasteiger partial charge is 0.257 e. The number of fused-ring (bicyclic) bond motifs is 4. The average Bonchev–Trinajstić information content (AvgIpc) is 3.32. The molecule has 3 heterocycles. The molecule has 10 nitrogen and oxygen atoms in total. The topological polar surface area (TPSA) is 119 Å². The molecular formula is C46H47N5O5. The van der Waals surface area contributed by atoms with Crippen molar-refractivity contribution in [3.05, 3.63) is 141 Å². The van der Waals surface area contributed by atoms with E-state index in [0.717, 1.165) is 52.8 Å². The van der Waals surface area contributed by atoms with Gasteiger partial charge in [-0.05, 0) is 95.5 Å². The molecule has 56 heavy (non-hydrogen) atoms. The van der Waals surface area contributed by atoms with Crippen LogP contribution in [0.4, 0.5) is 17.1 Å². The van der Waals surface area contributed by atoms with Crippen LogP contribution in [0.25, 0.3) is 0 Å². The molecule has 286 valence electrons. The molecule has 5 aromatic carbocycles. The zero-order chi connectivity index (χ0) is 38.1. The Morgan fingerprint density at radius 3 is 2.16 bits per heavy atom. The fourth-order valence-electron chi connectivity index (χ4n) is 7.71. The summed E-state index contributed by atoms with van der Waals surface area (Å²) < 4.78 is 18.3. The van der Waals surface area contributed by atoms with Crippen LogP contribution in [0.3, 0.4) is 0 Å². The molecule has 2 unspecified atom stereocenters. The van der Waals surface area contributed by atoms with Crippen molar-refractivity contribution in [3.63, 3.8) is 0 Å². The Hall–Kier alpha value is -6.42. The summed E-state index contributed by atoms with van der Waals surface area (Å²) in [7, 11) is 1.56. The number of nitrogens with two attached hydrogens (primary N) is 1. The third kappa shape index (κ3) is 7.73. The number of benzene rings is 5. The highest BCUT2D eigenvalue weighted by Gasteiger charge is 2.33. The van der Waals surface area contributed by atoms with Crippen LogP contribution in [-0.2, 0) is 43.9 Å². The molecule has 0 aliphatic carbocycles. The summed E-state index contributed by atoms with van der Waals surface area (Å²) in [6.45, 7) is 5.62. The van der Waals surface area contributed by atoms with E-state index in [9.17, 15) is 9.59 Å². The minimum absolute atomic E-state index is 0. The lowest BCUT2D eigenvalue weighted by Gasteiger charge is -2.34. The van der Waals surface area contributed by atoms with Crippen molar-refractivity contribution in [1.82, 2.24) is 9.80 Å². The quantitative estimate of drug-likeness (QED) is 0.0873. The lowest BCUT2D eigenvalue weighted by atomic mass is 9.94. The molecule has 3 aliphatic rings. The van der Waals surface area contributed by atoms with E-state index in [2.05, 4.69) is 30.3 Å². The van der Waals surface area contributed by atoms with Gasteiger partial charge >= 0.3 is 0 Å². The maximum absolute atomic E-state index is 13.8. The van der Waals surface area contributed by atoms with Gasteiger partial charge in [-0.1, -0.05) is 62.0 Å². The Morgan fingerprint density at radius 2 is 1.46 bits per heavy atom. The summed E-state index contributed by atoms with van der Waals surface area (Å²) in [6, 6.07) is 29.4. The van der Waals surface area contributed by atoms with Crippen LogP contribution in [0.1, 0.15) is 62.3 Å². The molecule has 0 spiro atoms. The Morgan fingerprint density at radius 1 is 0.804 bits per heavy atom. The number of methoxy groups -OCH3 is 1. The number of nitrogens with zero attached hydrogens (tertiary/aromatic N) is 4. The van der Waals surface area contributed by atoms with Crippen LogP contribution in [-0.4, -0.2) is 53.7 Å². The van der Waals surface area contributed by atoms with Gasteiger partial charge in [0, 0.05) is 43.3 Å². The molecule has 10 heteroatoms. The number of anilines is 1. The number of hydrogen-bond acceptors (Lipinski definition) is 8. The summed E-state index contributed by atoms with van der Waals surface area (Å²) in [6.07, 6.45) is 6.07. The first kappa shape index (κ1) is 37.9. The first-order valence-electron chi connectivity index (χ1n) is 18.5. The van der Waals surface area contributed by atoms with E-state index in [1.54, 1.807) is 24.1 Å². The minimum atomic E-state index is -0.132. The van der Waals surface area contributed by atoms with Gasteiger partial charge in [0.25, 0.3) is 5.91 Å². The first-order chi connectivity index (χ1) is 26.8. The van der Waals surface area contributed by atoms with Crippen molar-refractivity contribution in [2.75, 3.05) is 12.8 Å². The SMILES string of the molecule is C.COc1cc2c(cc1OCc1cc(N)cc(COc3cc(N=CC4Cc5ccccc5CN4C=O)c(C)cc3C)c1)N=CC1Cc3ccccc3CN1C2=O. The number of carbonyl (C=O) groups excluding carboxylic acids is 2. The van der Waals surface area contributed by atoms with E-state index < -0.39 is 0 Å². The van der Waals surface area contributed by atoms with E-state index in [0.29, 0.717) is 47.3 Å². The van der Waals surface area contributed by atoms with Gasteiger partial charge < -0.3 is 29.7 Å². The third-order valence-electron chi connectivity index (χ3n) is 10.7. The summed E-state index contributed by atoms with van der Waals surface area (Å²) in [5.74, 6) is 1.56. The summed E-state index contributed by atoms with van der Waals surface area (Å²) in [4.78, 5) is 39.0. The van der Waals surface area contributed by atoms with E-state index in [1.807, 2.05) is 79.7 Å². The zero-order valence-electron chi connectivity index (χ0n) is 31.2. The van der Waals surface area contributed by atoms with Crippen LogP contribution in [0, 0.1) is 13.8 Å². The second-order valence-corrected chi connectivity index (χ2v) is 14.4. The molecule has 2 N–H and O–H groups in total. The fourth-order valence-corrected chi connectivity index (χ4v) is 7.71. The number of aryl methyl sites for hydroxylation is 2. The van der Waals surface area contributed by atoms with E-state index in [1.165, 1.54) is 16.7 Å². The maximum Gasteiger partial charge on any atom is 0.257 e. The van der Waals surface area contributed by atoms with Gasteiger partial charge in [0.2, 0.25) is 6.41 Å². The van der Waals surface area contributed by atoms with Gasteiger partial charge in [-0.3, -0.25) is 19.6 Å². The second-order valence-electron chi connectivity index (χ2n) is 14.4. The fraction of sp³-hybridized carbons (Fsp3) is 0.261. The van der Waals surface area contributed by atoms with Crippen molar-refractivity contribution in [2.24, 2.45) is 9.98 Å². The highest BCUT2D eigenvalue weighted by molar-refractivity contribution is 6.03. The van der Waals surface area contributed by atoms with Crippen molar-refractivity contribution in [2.45, 2.75) is 72.5 Å². The van der Waals surface area contributed by atoms with E-state index >= 15 is 0 Å². The van der Waals surface area contributed by atoms with Crippen LogP contribution >= 0.6 is 0 Å². The number of amides is 2. The van der Waals surface area contributed by atoms with Crippen LogP contribution < -0.4 is 19.9 Å². The molecule has 8 rings (SSSR count). The minimum Gasteiger partial charge on any atom is -0.493 e. The number of nitrogen functional groups attached to an aromatic ring is 1. The molecule has 3 aliphatic heterocycles. The highest BCUT2D eigenvalue weighted by Crippen LogP contribution is 2.39. The Kier molecular flexibility index (Phi) is 10.9. The van der Waals surface area contributed by atoms with Crippen molar-refractivity contribution in [1.29, 1.82) is 0 Å². The molecule has 0 fully saturated rings. The molecule has 0 saturated heterocycles. The Balaban J connectivity index is 0.00000480. The molecular weight excluding hydrogens is 703 g/mol. The number of carbonyl (C=O) groups is 2. The first-order valence-corrected chi connectivity index (χ1v) is 18.5. The van der Waals surface area contributed by atoms with Crippen LogP contribution in [0.5, 0.6) is 17.2 Å². The van der Waals surface area contributed by atoms with Gasteiger partial charge in [0.15, 0.2) is 11.5 Å². The molecule has 0 aromatic heterocycles. The summed E-state index contributed by atoms with van der Waals surface area (Å²) in [5, 5.41) is 0. The van der Waals surface area contributed by atoms with Crippen molar-refractivity contribution < 1.29 is 23.8 Å². The van der Waals surface area contributed by atoms with Gasteiger partial charge in [-0.2, -0.15) is 0 Å². The molecule has 0 saturated carbocycles. The van der Waals surface area contributed by atoms with Gasteiger partial charge in [0.05, 0.1) is 36.1 Å². The van der Waals surface area contributed by atoms with Crippen molar-refractivity contribution in [3.8, 4) is 17.2 Å². The second kappa shape index (κ2) is 16.1. The van der Waals surface area contributed by atoms with Crippen LogP contribution in [0.2, 0.25) is 0 Å². The Labute approximate surface area is 328 Å². The maximum atomic E-state index is 13.8. The lowest BCUT2D eigenvalue weighted by Crippen LogP contribution is -2.44. The standard InChI is InChI=1S/C45H43N5O5.CH4/c1-28-12-29(2)42(19-40(28)47-21-37-16-32-8-4-6-10-34(32)23-49(37)27-51)54-25-30-13-31(15-36(46)14-30)26-55-44-20-41-39(18-43(44)53-3)45(52)50-24-35-11-7-5-9-33(35)17-38(50)22-48-41;/h4-15,18-22,27,37-38H,16-17,23-26,46H2,1-3H3;1H4. The number of rotatable bonds is 10. The lowest BCUT2D eigenvalue weighted by molar-refractivity contribution is -0.119. The van der Waals surface area contributed by atoms with E-state index in [-0.39, 0.29) is 38.6 Å². The normalized spacial score (nSPS) is 16.9. The third-order valence-corrected chi connectivity index (χ3v) is 10.7. The number of hydrogen-bond donors (Lipinski definition) is 1. The number of aliphatic imine (C=N–C) groups is 2. The number of ether oxygens (including phenoxy) is 3. The Bertz CT molecular complexity index is 2350. The predicted molar refractivity (Wildman–Crippen MR) is 221 cm³/mol. The summed E-state index contributed by atoms with van der Waals surface area (Å²) >= 11 is 0. The molecule has 0 radical (unpaired) electrons. The van der Waals surface area contributed by atoms with Crippen molar-refractivity contribution >= 4 is 41.8 Å². The average molecular weight is 750 g/mol. The molecule has 0 bridgehead atoms. The van der Waals surface area contributed by atoms with Gasteiger partial charge in [-0.15, -0.1) is 0 Å². The largest absolute Gasteiger partial charge is 0.493 e. The zero-order valence-corrected chi connectivity index (χ0v) is 31.2. The van der Waals surface area contributed by atoms with Gasteiger partial charge in [-0.25, -0.2) is 0 Å². The molecule has 2 amide bonds. The van der Waals surface area contributed by atoms with Crippen LogP contribution in [0.15, 0.2) is 101 Å². The van der Waals surface area contributed by atoms with E-state index in [4.69, 9.17) is 29.9 Å².